The molecule has 5 heteroatoms. The van der Waals surface area contributed by atoms with Crippen molar-refractivity contribution in [3.8, 4) is 11.4 Å². The number of H-pyrrole nitrogens is 1. The van der Waals surface area contributed by atoms with Gasteiger partial charge < -0.3 is 15.2 Å². The van der Waals surface area contributed by atoms with Crippen LogP contribution in [-0.2, 0) is 0 Å². The molecule has 0 bridgehead atoms. The fraction of sp³-hybridized carbons (Fsp3) is 0.231. The fourth-order valence-corrected chi connectivity index (χ4v) is 1.94. The average molecular weight is 242 g/mol. The van der Waals surface area contributed by atoms with Crippen LogP contribution in [-0.4, -0.2) is 15.1 Å². The van der Waals surface area contributed by atoms with Gasteiger partial charge in [0.05, 0.1) is 6.04 Å². The lowest BCUT2D eigenvalue weighted by atomic mass is 10.1. The quantitative estimate of drug-likeness (QED) is 0.723. The van der Waals surface area contributed by atoms with E-state index in [1.54, 1.807) is 0 Å². The Bertz CT molecular complexity index is 696. The lowest BCUT2D eigenvalue weighted by Gasteiger charge is -1.96. The zero-order valence-corrected chi connectivity index (χ0v) is 10.3. The van der Waals surface area contributed by atoms with Gasteiger partial charge in [0.1, 0.15) is 0 Å². The standard InChI is InChI=1S/C13H14N4O/c1-7-6-15-11-4-3-9(5-10(7)11)12-16-13(8(2)14)18-17-12/h3-6,8,15H,14H2,1-2H3. The molecule has 92 valence electrons. The normalized spacial score (nSPS) is 13.1. The maximum Gasteiger partial charge on any atom is 0.243 e. The zero-order valence-electron chi connectivity index (χ0n) is 10.3. The number of aryl methyl sites for hydroxylation is 1. The van der Waals surface area contributed by atoms with E-state index in [0.717, 1.165) is 11.1 Å². The first kappa shape index (κ1) is 11.0. The van der Waals surface area contributed by atoms with Gasteiger partial charge in [-0.05, 0) is 37.6 Å². The van der Waals surface area contributed by atoms with E-state index in [-0.39, 0.29) is 6.04 Å². The second-order valence-electron chi connectivity index (χ2n) is 4.48. The number of rotatable bonds is 2. The molecule has 0 saturated carbocycles. The van der Waals surface area contributed by atoms with Gasteiger partial charge >= 0.3 is 0 Å². The van der Waals surface area contributed by atoms with Crippen molar-refractivity contribution in [3.05, 3.63) is 35.9 Å². The maximum absolute atomic E-state index is 5.70. The van der Waals surface area contributed by atoms with Gasteiger partial charge in [-0.3, -0.25) is 0 Å². The molecule has 18 heavy (non-hydrogen) atoms. The highest BCUT2D eigenvalue weighted by Gasteiger charge is 2.12. The van der Waals surface area contributed by atoms with E-state index >= 15 is 0 Å². The Kier molecular flexibility index (Phi) is 2.41. The number of benzene rings is 1. The molecule has 3 aromatic rings. The Hall–Kier alpha value is -2.14. The minimum atomic E-state index is -0.246. The SMILES string of the molecule is Cc1c[nH]c2ccc(-c3noc(C(C)N)n3)cc12. The Morgan fingerprint density at radius 2 is 2.22 bits per heavy atom. The van der Waals surface area contributed by atoms with E-state index < -0.39 is 0 Å². The molecular weight excluding hydrogens is 228 g/mol. The van der Waals surface area contributed by atoms with Crippen molar-refractivity contribution in [2.24, 2.45) is 5.73 Å². The van der Waals surface area contributed by atoms with Crippen molar-refractivity contribution in [2.45, 2.75) is 19.9 Å². The number of aromatic nitrogens is 3. The summed E-state index contributed by atoms with van der Waals surface area (Å²) in [6.07, 6.45) is 1.98. The molecule has 5 nitrogen and oxygen atoms in total. The van der Waals surface area contributed by atoms with E-state index in [9.17, 15) is 0 Å². The van der Waals surface area contributed by atoms with Gasteiger partial charge in [0, 0.05) is 22.7 Å². The van der Waals surface area contributed by atoms with Crippen LogP contribution in [0.2, 0.25) is 0 Å². The molecule has 1 unspecified atom stereocenters. The first-order chi connectivity index (χ1) is 8.65. The predicted molar refractivity (Wildman–Crippen MR) is 68.9 cm³/mol. The molecule has 0 amide bonds. The minimum Gasteiger partial charge on any atom is -0.361 e. The Labute approximate surface area is 104 Å². The number of nitrogens with one attached hydrogen (secondary N) is 1. The molecule has 0 spiro atoms. The number of nitrogens with two attached hydrogens (primary N) is 1. The van der Waals surface area contributed by atoms with Crippen LogP contribution in [0.1, 0.15) is 24.4 Å². The summed E-state index contributed by atoms with van der Waals surface area (Å²) in [5, 5.41) is 5.12. The van der Waals surface area contributed by atoms with Crippen molar-refractivity contribution < 1.29 is 4.52 Å². The summed E-state index contributed by atoms with van der Waals surface area (Å²) in [5.41, 5.74) is 8.93. The van der Waals surface area contributed by atoms with E-state index in [0.29, 0.717) is 11.7 Å². The minimum absolute atomic E-state index is 0.246. The first-order valence-corrected chi connectivity index (χ1v) is 5.82. The van der Waals surface area contributed by atoms with Crippen LogP contribution in [0.15, 0.2) is 28.9 Å². The average Bonchev–Trinajstić information content (AvgIpc) is 2.96. The van der Waals surface area contributed by atoms with Crippen molar-refractivity contribution in [1.29, 1.82) is 0 Å². The summed E-state index contributed by atoms with van der Waals surface area (Å²) in [5.74, 6) is 1.03. The summed E-state index contributed by atoms with van der Waals surface area (Å²) in [6, 6.07) is 5.79. The number of hydrogen-bond acceptors (Lipinski definition) is 4. The third-order valence-corrected chi connectivity index (χ3v) is 2.98. The summed E-state index contributed by atoms with van der Waals surface area (Å²) >= 11 is 0. The smallest absolute Gasteiger partial charge is 0.243 e. The molecule has 0 aliphatic heterocycles. The molecule has 3 N–H and O–H groups in total. The summed E-state index contributed by atoms with van der Waals surface area (Å²) in [7, 11) is 0. The largest absolute Gasteiger partial charge is 0.361 e. The van der Waals surface area contributed by atoms with Crippen LogP contribution < -0.4 is 5.73 Å². The number of aromatic amines is 1. The Morgan fingerprint density at radius 1 is 1.39 bits per heavy atom. The van der Waals surface area contributed by atoms with E-state index in [4.69, 9.17) is 10.3 Å². The van der Waals surface area contributed by atoms with Gasteiger partial charge in [-0.25, -0.2) is 0 Å². The van der Waals surface area contributed by atoms with Crippen LogP contribution in [0.3, 0.4) is 0 Å². The van der Waals surface area contributed by atoms with Crippen LogP contribution in [0.4, 0.5) is 0 Å². The zero-order chi connectivity index (χ0) is 12.7. The molecule has 2 aromatic heterocycles. The third-order valence-electron chi connectivity index (χ3n) is 2.98. The highest BCUT2D eigenvalue weighted by molar-refractivity contribution is 5.86. The molecule has 1 atom stereocenters. The molecule has 0 aliphatic rings. The van der Waals surface area contributed by atoms with Crippen LogP contribution >= 0.6 is 0 Å². The number of hydrogen-bond donors (Lipinski definition) is 2. The van der Waals surface area contributed by atoms with Gasteiger partial charge in [-0.15, -0.1) is 0 Å². The summed E-state index contributed by atoms with van der Waals surface area (Å²) in [4.78, 5) is 7.49. The second kappa shape index (κ2) is 3.96. The fourth-order valence-electron chi connectivity index (χ4n) is 1.94. The molecule has 0 saturated heterocycles. The first-order valence-electron chi connectivity index (χ1n) is 5.82. The highest BCUT2D eigenvalue weighted by atomic mass is 16.5. The Morgan fingerprint density at radius 3 is 2.94 bits per heavy atom. The maximum atomic E-state index is 5.70. The lowest BCUT2D eigenvalue weighted by molar-refractivity contribution is 0.362. The molecule has 0 radical (unpaired) electrons. The monoisotopic (exact) mass is 242 g/mol. The topological polar surface area (TPSA) is 80.7 Å². The summed E-state index contributed by atoms with van der Waals surface area (Å²) in [6.45, 7) is 3.88. The molecular formula is C13H14N4O. The van der Waals surface area contributed by atoms with Crippen LogP contribution in [0.25, 0.3) is 22.3 Å². The number of fused-ring (bicyclic) bond motifs is 1. The van der Waals surface area contributed by atoms with Crippen molar-refractivity contribution >= 4 is 10.9 Å². The van der Waals surface area contributed by atoms with Crippen molar-refractivity contribution in [2.75, 3.05) is 0 Å². The van der Waals surface area contributed by atoms with Crippen LogP contribution in [0.5, 0.6) is 0 Å². The number of nitrogens with zero attached hydrogens (tertiary/aromatic N) is 2. The molecule has 2 heterocycles. The Balaban J connectivity index is 2.09. The van der Waals surface area contributed by atoms with E-state index in [1.807, 2.05) is 25.3 Å². The van der Waals surface area contributed by atoms with Gasteiger partial charge in [-0.2, -0.15) is 4.98 Å². The van der Waals surface area contributed by atoms with Crippen molar-refractivity contribution in [3.63, 3.8) is 0 Å². The van der Waals surface area contributed by atoms with Crippen LogP contribution in [0, 0.1) is 6.92 Å². The molecule has 1 aromatic carbocycles. The van der Waals surface area contributed by atoms with Gasteiger partial charge in [-0.1, -0.05) is 5.16 Å². The van der Waals surface area contributed by atoms with Gasteiger partial charge in [0.25, 0.3) is 0 Å². The summed E-state index contributed by atoms with van der Waals surface area (Å²) < 4.78 is 5.11. The molecule has 0 fully saturated rings. The van der Waals surface area contributed by atoms with Gasteiger partial charge in [0.2, 0.25) is 11.7 Å². The van der Waals surface area contributed by atoms with E-state index in [1.165, 1.54) is 10.9 Å². The molecule has 0 aliphatic carbocycles. The second-order valence-corrected chi connectivity index (χ2v) is 4.48. The van der Waals surface area contributed by atoms with Crippen molar-refractivity contribution in [1.82, 2.24) is 15.1 Å². The third kappa shape index (κ3) is 1.69. The lowest BCUT2D eigenvalue weighted by Crippen LogP contribution is -2.04. The molecule has 3 rings (SSSR count). The highest BCUT2D eigenvalue weighted by Crippen LogP contribution is 2.24. The van der Waals surface area contributed by atoms with E-state index in [2.05, 4.69) is 28.1 Å². The predicted octanol–water partition coefficient (Wildman–Crippen LogP) is 2.55. The van der Waals surface area contributed by atoms with Gasteiger partial charge in [0.15, 0.2) is 0 Å².